The van der Waals surface area contributed by atoms with E-state index in [1.54, 1.807) is 0 Å². The Bertz CT molecular complexity index is 477. The summed E-state index contributed by atoms with van der Waals surface area (Å²) in [5, 5.41) is 3.16. The minimum absolute atomic E-state index is 0.190. The molecule has 1 aromatic carbocycles. The minimum Gasteiger partial charge on any atom is -0.378 e. The number of carbonyl (C=O) groups is 1. The molecule has 2 aliphatic rings. The Hall–Kier alpha value is -1.55. The van der Waals surface area contributed by atoms with E-state index >= 15 is 0 Å². The van der Waals surface area contributed by atoms with Gasteiger partial charge in [0.25, 0.3) is 0 Å². The highest BCUT2D eigenvalue weighted by Crippen LogP contribution is 2.29. The predicted octanol–water partition coefficient (Wildman–Crippen LogP) is 3.04. The molecular weight excluding hydrogens is 264 g/mol. The number of hydrogen-bond donors (Lipinski definition) is 1. The highest BCUT2D eigenvalue weighted by molar-refractivity contribution is 5.95. The molecule has 0 aromatic heterocycles. The highest BCUT2D eigenvalue weighted by Gasteiger charge is 2.22. The van der Waals surface area contributed by atoms with Crippen LogP contribution in [0.4, 0.5) is 11.4 Å². The van der Waals surface area contributed by atoms with E-state index in [1.165, 1.54) is 19.3 Å². The minimum atomic E-state index is 0.190. The zero-order chi connectivity index (χ0) is 14.5. The van der Waals surface area contributed by atoms with Gasteiger partial charge in [0.1, 0.15) is 0 Å². The number of nitrogens with zero attached hydrogens (tertiary/aromatic N) is 1. The van der Waals surface area contributed by atoms with Gasteiger partial charge < -0.3 is 15.0 Å². The number of nitrogens with one attached hydrogen (secondary N) is 1. The summed E-state index contributed by atoms with van der Waals surface area (Å²) in [7, 11) is 0. The molecule has 0 bridgehead atoms. The third kappa shape index (κ3) is 3.56. The Balaban J connectivity index is 1.70. The predicted molar refractivity (Wildman–Crippen MR) is 84.7 cm³/mol. The van der Waals surface area contributed by atoms with Gasteiger partial charge in [-0.1, -0.05) is 31.4 Å². The van der Waals surface area contributed by atoms with Crippen molar-refractivity contribution in [2.75, 3.05) is 36.5 Å². The molecule has 1 aromatic rings. The maximum atomic E-state index is 12.4. The maximum Gasteiger partial charge on any atom is 0.227 e. The third-order valence-corrected chi connectivity index (χ3v) is 4.49. The Morgan fingerprint density at radius 1 is 1.10 bits per heavy atom. The molecule has 0 unspecified atom stereocenters. The van der Waals surface area contributed by atoms with Gasteiger partial charge in [-0.3, -0.25) is 4.79 Å². The van der Waals surface area contributed by atoms with Crippen molar-refractivity contribution in [2.24, 2.45) is 5.92 Å². The number of hydrogen-bond acceptors (Lipinski definition) is 3. The van der Waals surface area contributed by atoms with Gasteiger partial charge in [0.2, 0.25) is 5.91 Å². The van der Waals surface area contributed by atoms with Crippen LogP contribution < -0.4 is 10.2 Å². The SMILES string of the molecule is O=C(Nc1ccccc1N1CCOCC1)C1CCCCC1. The summed E-state index contributed by atoms with van der Waals surface area (Å²) < 4.78 is 5.41. The number of amides is 1. The number of rotatable bonds is 3. The summed E-state index contributed by atoms with van der Waals surface area (Å²) in [5.74, 6) is 0.381. The Kier molecular flexibility index (Phi) is 4.76. The molecule has 0 atom stereocenters. The molecule has 1 aliphatic carbocycles. The first-order valence-corrected chi connectivity index (χ1v) is 8.07. The number of para-hydroxylation sites is 2. The molecule has 4 heteroatoms. The molecule has 3 rings (SSSR count). The van der Waals surface area contributed by atoms with E-state index in [0.29, 0.717) is 0 Å². The quantitative estimate of drug-likeness (QED) is 0.929. The van der Waals surface area contributed by atoms with Crippen LogP contribution in [-0.4, -0.2) is 32.2 Å². The number of benzene rings is 1. The van der Waals surface area contributed by atoms with Gasteiger partial charge in [-0.05, 0) is 25.0 Å². The van der Waals surface area contributed by atoms with E-state index in [0.717, 1.165) is 50.5 Å². The lowest BCUT2D eigenvalue weighted by molar-refractivity contribution is -0.120. The molecule has 2 fully saturated rings. The average Bonchev–Trinajstić information content (AvgIpc) is 2.57. The second-order valence-corrected chi connectivity index (χ2v) is 5.94. The highest BCUT2D eigenvalue weighted by atomic mass is 16.5. The second-order valence-electron chi connectivity index (χ2n) is 5.94. The van der Waals surface area contributed by atoms with E-state index in [1.807, 2.05) is 18.2 Å². The van der Waals surface area contributed by atoms with Crippen LogP contribution in [0.25, 0.3) is 0 Å². The van der Waals surface area contributed by atoms with Gasteiger partial charge >= 0.3 is 0 Å². The summed E-state index contributed by atoms with van der Waals surface area (Å²) in [6.45, 7) is 3.28. The molecule has 4 nitrogen and oxygen atoms in total. The molecule has 21 heavy (non-hydrogen) atoms. The van der Waals surface area contributed by atoms with Crippen molar-refractivity contribution in [3.05, 3.63) is 24.3 Å². The Morgan fingerprint density at radius 2 is 1.81 bits per heavy atom. The van der Waals surface area contributed by atoms with Crippen LogP contribution in [0.15, 0.2) is 24.3 Å². The third-order valence-electron chi connectivity index (χ3n) is 4.49. The molecular formula is C17H24N2O2. The van der Waals surface area contributed by atoms with Crippen molar-refractivity contribution in [3.8, 4) is 0 Å². The van der Waals surface area contributed by atoms with Gasteiger partial charge in [-0.15, -0.1) is 0 Å². The van der Waals surface area contributed by atoms with Crippen molar-refractivity contribution >= 4 is 17.3 Å². The van der Waals surface area contributed by atoms with Gasteiger partial charge in [-0.25, -0.2) is 0 Å². The monoisotopic (exact) mass is 288 g/mol. The van der Waals surface area contributed by atoms with E-state index in [2.05, 4.69) is 16.3 Å². The fraction of sp³-hybridized carbons (Fsp3) is 0.588. The molecule has 1 amide bonds. The van der Waals surface area contributed by atoms with Crippen molar-refractivity contribution in [3.63, 3.8) is 0 Å². The van der Waals surface area contributed by atoms with Gasteiger partial charge in [-0.2, -0.15) is 0 Å². The van der Waals surface area contributed by atoms with E-state index in [-0.39, 0.29) is 11.8 Å². The van der Waals surface area contributed by atoms with Gasteiger partial charge in [0, 0.05) is 19.0 Å². The zero-order valence-electron chi connectivity index (χ0n) is 12.5. The van der Waals surface area contributed by atoms with Crippen molar-refractivity contribution in [1.82, 2.24) is 0 Å². The normalized spacial score (nSPS) is 20.3. The molecule has 0 radical (unpaired) electrons. The lowest BCUT2D eigenvalue weighted by atomic mass is 9.88. The largest absolute Gasteiger partial charge is 0.378 e. The smallest absolute Gasteiger partial charge is 0.227 e. The molecule has 1 N–H and O–H groups in total. The van der Waals surface area contributed by atoms with Crippen LogP contribution in [0.1, 0.15) is 32.1 Å². The molecule has 114 valence electrons. The topological polar surface area (TPSA) is 41.6 Å². The van der Waals surface area contributed by atoms with Gasteiger partial charge in [0.05, 0.1) is 24.6 Å². The fourth-order valence-corrected chi connectivity index (χ4v) is 3.26. The first-order chi connectivity index (χ1) is 10.3. The summed E-state index contributed by atoms with van der Waals surface area (Å²) in [5.41, 5.74) is 2.06. The van der Waals surface area contributed by atoms with Crippen molar-refractivity contribution in [1.29, 1.82) is 0 Å². The van der Waals surface area contributed by atoms with Crippen LogP contribution in [0, 0.1) is 5.92 Å². The van der Waals surface area contributed by atoms with Crippen molar-refractivity contribution in [2.45, 2.75) is 32.1 Å². The first-order valence-electron chi connectivity index (χ1n) is 8.07. The lowest BCUT2D eigenvalue weighted by Gasteiger charge is -2.31. The van der Waals surface area contributed by atoms with E-state index in [9.17, 15) is 4.79 Å². The van der Waals surface area contributed by atoms with E-state index in [4.69, 9.17) is 4.74 Å². The summed E-state index contributed by atoms with van der Waals surface area (Å²) in [6.07, 6.45) is 5.71. The van der Waals surface area contributed by atoms with Crippen LogP contribution in [0.5, 0.6) is 0 Å². The maximum absolute atomic E-state index is 12.4. The number of carbonyl (C=O) groups excluding carboxylic acids is 1. The Morgan fingerprint density at radius 3 is 2.57 bits per heavy atom. The summed E-state index contributed by atoms with van der Waals surface area (Å²) >= 11 is 0. The van der Waals surface area contributed by atoms with E-state index < -0.39 is 0 Å². The number of anilines is 2. The lowest BCUT2D eigenvalue weighted by Crippen LogP contribution is -2.37. The van der Waals surface area contributed by atoms with Crippen molar-refractivity contribution < 1.29 is 9.53 Å². The van der Waals surface area contributed by atoms with Gasteiger partial charge in [0.15, 0.2) is 0 Å². The molecule has 1 heterocycles. The summed E-state index contributed by atoms with van der Waals surface area (Å²) in [6, 6.07) is 8.11. The molecule has 1 saturated carbocycles. The molecule has 1 saturated heterocycles. The second kappa shape index (κ2) is 6.94. The van der Waals surface area contributed by atoms with Crippen LogP contribution in [0.3, 0.4) is 0 Å². The number of ether oxygens (including phenoxy) is 1. The summed E-state index contributed by atoms with van der Waals surface area (Å²) in [4.78, 5) is 14.7. The van der Waals surface area contributed by atoms with Crippen LogP contribution in [0.2, 0.25) is 0 Å². The number of morpholine rings is 1. The van der Waals surface area contributed by atoms with Crippen LogP contribution >= 0.6 is 0 Å². The standard InChI is InChI=1S/C17H24N2O2/c20-17(14-6-2-1-3-7-14)18-15-8-4-5-9-16(15)19-10-12-21-13-11-19/h4-5,8-9,14H,1-3,6-7,10-13H2,(H,18,20). The molecule has 1 aliphatic heterocycles. The Labute approximate surface area is 126 Å². The zero-order valence-corrected chi connectivity index (χ0v) is 12.5. The molecule has 0 spiro atoms. The first kappa shape index (κ1) is 14.4. The average molecular weight is 288 g/mol. The van der Waals surface area contributed by atoms with Crippen LogP contribution in [-0.2, 0) is 9.53 Å². The fourth-order valence-electron chi connectivity index (χ4n) is 3.26.